The molecule has 5 rings (SSSR count). The van der Waals surface area contributed by atoms with Gasteiger partial charge in [0, 0.05) is 22.7 Å². The highest BCUT2D eigenvalue weighted by Crippen LogP contribution is 2.31. The van der Waals surface area contributed by atoms with Crippen molar-refractivity contribution in [1.82, 2.24) is 15.3 Å². The highest BCUT2D eigenvalue weighted by Gasteiger charge is 2.23. The van der Waals surface area contributed by atoms with Gasteiger partial charge in [-0.1, -0.05) is 80.4 Å². The molecule has 0 saturated heterocycles. The van der Waals surface area contributed by atoms with Gasteiger partial charge in [-0.15, -0.1) is 0 Å². The summed E-state index contributed by atoms with van der Waals surface area (Å²) in [5.74, 6) is 0.493. The van der Waals surface area contributed by atoms with Gasteiger partial charge in [0.05, 0.1) is 22.4 Å². The van der Waals surface area contributed by atoms with Gasteiger partial charge in [-0.05, 0) is 37.0 Å². The molecular weight excluding hydrogens is 394 g/mol. The molecule has 0 aliphatic heterocycles. The number of amides is 1. The first-order chi connectivity index (χ1) is 15.7. The lowest BCUT2D eigenvalue weighted by Gasteiger charge is -2.29. The van der Waals surface area contributed by atoms with E-state index in [9.17, 15) is 4.79 Å². The highest BCUT2D eigenvalue weighted by atomic mass is 16.1. The quantitative estimate of drug-likeness (QED) is 0.422. The van der Waals surface area contributed by atoms with E-state index in [1.54, 1.807) is 0 Å². The molecule has 3 aromatic carbocycles. The third-order valence-corrected chi connectivity index (χ3v) is 6.45. The van der Waals surface area contributed by atoms with Crippen LogP contribution in [0, 0.1) is 5.92 Å². The lowest BCUT2D eigenvalue weighted by atomic mass is 9.86. The fraction of sp³-hybridized carbons (Fsp3) is 0.250. The standard InChI is InChI=1S/C28H27N3O/c1-19-10-8-9-15-23(19)31-28(32)22-16-17-24-25(18-22)30-27(21-13-6-3-7-14-21)26(29-24)20-11-4-2-5-12-20/h2-7,11-14,16-19,23H,8-10,15H2,1H3,(H,31,32). The molecule has 4 nitrogen and oxygen atoms in total. The fourth-order valence-corrected chi connectivity index (χ4v) is 4.57. The number of rotatable bonds is 4. The van der Waals surface area contributed by atoms with Crippen LogP contribution < -0.4 is 5.32 Å². The number of nitrogens with zero attached hydrogens (tertiary/aromatic N) is 2. The van der Waals surface area contributed by atoms with Gasteiger partial charge in [0.25, 0.3) is 5.91 Å². The van der Waals surface area contributed by atoms with E-state index in [-0.39, 0.29) is 11.9 Å². The molecule has 1 aliphatic rings. The minimum Gasteiger partial charge on any atom is -0.349 e. The van der Waals surface area contributed by atoms with Crippen LogP contribution in [0.2, 0.25) is 0 Å². The van der Waals surface area contributed by atoms with Crippen LogP contribution in [-0.2, 0) is 0 Å². The van der Waals surface area contributed by atoms with E-state index in [1.165, 1.54) is 19.3 Å². The first-order valence-corrected chi connectivity index (χ1v) is 11.4. The molecule has 1 fully saturated rings. The molecule has 1 amide bonds. The summed E-state index contributed by atoms with van der Waals surface area (Å²) in [6, 6.07) is 26.1. The van der Waals surface area contributed by atoms with E-state index >= 15 is 0 Å². The molecule has 4 heteroatoms. The third kappa shape index (κ3) is 4.13. The van der Waals surface area contributed by atoms with Crippen molar-refractivity contribution in [3.8, 4) is 22.5 Å². The summed E-state index contributed by atoms with van der Waals surface area (Å²) in [4.78, 5) is 22.9. The predicted octanol–water partition coefficient (Wildman–Crippen LogP) is 6.27. The van der Waals surface area contributed by atoms with Crippen molar-refractivity contribution in [2.24, 2.45) is 5.92 Å². The van der Waals surface area contributed by atoms with Crippen LogP contribution in [0.4, 0.5) is 0 Å². The Morgan fingerprint density at radius 2 is 1.38 bits per heavy atom. The zero-order chi connectivity index (χ0) is 21.9. The molecule has 4 aromatic rings. The summed E-state index contributed by atoms with van der Waals surface area (Å²) in [7, 11) is 0. The molecule has 2 unspecified atom stereocenters. The molecule has 1 aliphatic carbocycles. The van der Waals surface area contributed by atoms with E-state index in [0.717, 1.165) is 40.0 Å². The predicted molar refractivity (Wildman–Crippen MR) is 129 cm³/mol. The average molecular weight is 422 g/mol. The number of nitrogens with one attached hydrogen (secondary N) is 1. The van der Waals surface area contributed by atoms with Crippen molar-refractivity contribution in [2.45, 2.75) is 38.6 Å². The maximum Gasteiger partial charge on any atom is 0.251 e. The van der Waals surface area contributed by atoms with Crippen molar-refractivity contribution >= 4 is 16.9 Å². The Hall–Kier alpha value is -3.53. The first kappa shape index (κ1) is 20.4. The number of carbonyl (C=O) groups is 1. The first-order valence-electron chi connectivity index (χ1n) is 11.4. The van der Waals surface area contributed by atoms with Gasteiger partial charge in [-0.2, -0.15) is 0 Å². The second-order valence-corrected chi connectivity index (χ2v) is 8.70. The van der Waals surface area contributed by atoms with Crippen molar-refractivity contribution < 1.29 is 4.79 Å². The topological polar surface area (TPSA) is 54.9 Å². The van der Waals surface area contributed by atoms with Gasteiger partial charge in [0.15, 0.2) is 0 Å². The lowest BCUT2D eigenvalue weighted by Crippen LogP contribution is -2.41. The molecule has 0 radical (unpaired) electrons. The largest absolute Gasteiger partial charge is 0.349 e. The molecule has 2 atom stereocenters. The van der Waals surface area contributed by atoms with Crippen LogP contribution in [0.15, 0.2) is 78.9 Å². The SMILES string of the molecule is CC1CCCCC1NC(=O)c1ccc2nc(-c3ccccc3)c(-c3ccccc3)nc2c1. The zero-order valence-electron chi connectivity index (χ0n) is 18.3. The Morgan fingerprint density at radius 1 is 0.781 bits per heavy atom. The maximum atomic E-state index is 13.0. The Balaban J connectivity index is 1.55. The monoisotopic (exact) mass is 421 g/mol. The van der Waals surface area contributed by atoms with E-state index in [0.29, 0.717) is 11.5 Å². The summed E-state index contributed by atoms with van der Waals surface area (Å²) in [5.41, 5.74) is 5.84. The van der Waals surface area contributed by atoms with Gasteiger partial charge in [-0.25, -0.2) is 9.97 Å². The number of hydrogen-bond acceptors (Lipinski definition) is 3. The van der Waals surface area contributed by atoms with Crippen LogP contribution in [0.25, 0.3) is 33.5 Å². The van der Waals surface area contributed by atoms with Gasteiger partial charge >= 0.3 is 0 Å². The number of carbonyl (C=O) groups excluding carboxylic acids is 1. The van der Waals surface area contributed by atoms with Gasteiger partial charge < -0.3 is 5.32 Å². The summed E-state index contributed by atoms with van der Waals surface area (Å²) >= 11 is 0. The maximum absolute atomic E-state index is 13.0. The normalized spacial score (nSPS) is 18.4. The van der Waals surface area contributed by atoms with Crippen molar-refractivity contribution in [3.05, 3.63) is 84.4 Å². The molecule has 32 heavy (non-hydrogen) atoms. The molecule has 1 heterocycles. The van der Waals surface area contributed by atoms with E-state index in [4.69, 9.17) is 9.97 Å². The number of benzene rings is 3. The highest BCUT2D eigenvalue weighted by molar-refractivity contribution is 5.98. The van der Waals surface area contributed by atoms with E-state index in [1.807, 2.05) is 66.7 Å². The second-order valence-electron chi connectivity index (χ2n) is 8.70. The lowest BCUT2D eigenvalue weighted by molar-refractivity contribution is 0.0910. The molecule has 0 bridgehead atoms. The van der Waals surface area contributed by atoms with E-state index in [2.05, 4.69) is 24.4 Å². The van der Waals surface area contributed by atoms with Gasteiger partial charge in [0.1, 0.15) is 0 Å². The third-order valence-electron chi connectivity index (χ3n) is 6.45. The summed E-state index contributed by atoms with van der Waals surface area (Å²) < 4.78 is 0. The minimum absolute atomic E-state index is 0.0270. The van der Waals surface area contributed by atoms with Crippen molar-refractivity contribution in [3.63, 3.8) is 0 Å². The summed E-state index contributed by atoms with van der Waals surface area (Å²) in [6.45, 7) is 2.23. The summed E-state index contributed by atoms with van der Waals surface area (Å²) in [5, 5.41) is 3.25. The number of hydrogen-bond donors (Lipinski definition) is 1. The van der Waals surface area contributed by atoms with E-state index < -0.39 is 0 Å². The van der Waals surface area contributed by atoms with Gasteiger partial charge in [0.2, 0.25) is 0 Å². The Morgan fingerprint density at radius 3 is 2.00 bits per heavy atom. The van der Waals surface area contributed by atoms with Crippen LogP contribution in [0.3, 0.4) is 0 Å². The Kier molecular flexibility index (Phi) is 5.68. The molecule has 1 saturated carbocycles. The van der Waals surface area contributed by atoms with Crippen LogP contribution in [-0.4, -0.2) is 21.9 Å². The Labute approximate surface area is 188 Å². The molecular formula is C28H27N3O. The zero-order valence-corrected chi connectivity index (χ0v) is 18.3. The van der Waals surface area contributed by atoms with Crippen LogP contribution in [0.5, 0.6) is 0 Å². The second kappa shape index (κ2) is 8.91. The smallest absolute Gasteiger partial charge is 0.251 e. The molecule has 1 aromatic heterocycles. The van der Waals surface area contributed by atoms with Gasteiger partial charge in [-0.3, -0.25) is 4.79 Å². The van der Waals surface area contributed by atoms with Crippen molar-refractivity contribution in [1.29, 1.82) is 0 Å². The molecule has 1 N–H and O–H groups in total. The number of fused-ring (bicyclic) bond motifs is 1. The minimum atomic E-state index is -0.0270. The fourth-order valence-electron chi connectivity index (χ4n) is 4.57. The van der Waals surface area contributed by atoms with Crippen LogP contribution >= 0.6 is 0 Å². The van der Waals surface area contributed by atoms with Crippen molar-refractivity contribution in [2.75, 3.05) is 0 Å². The van der Waals surface area contributed by atoms with Crippen LogP contribution in [0.1, 0.15) is 43.0 Å². The average Bonchev–Trinajstić information content (AvgIpc) is 2.85. The number of aromatic nitrogens is 2. The molecule has 0 spiro atoms. The molecule has 160 valence electrons. The summed E-state index contributed by atoms with van der Waals surface area (Å²) in [6.07, 6.45) is 4.67. The Bertz CT molecular complexity index is 1240.